The molecule has 0 unspecified atom stereocenters. The van der Waals surface area contributed by atoms with Crippen LogP contribution in [-0.4, -0.2) is 16.8 Å². The molecular formula is C20H23F3N2O2S. The summed E-state index contributed by atoms with van der Waals surface area (Å²) in [5, 5.41) is 0. The van der Waals surface area contributed by atoms with Gasteiger partial charge in [0.25, 0.3) is 5.91 Å². The van der Waals surface area contributed by atoms with Gasteiger partial charge in [-0.15, -0.1) is 24.5 Å². The largest absolute Gasteiger partial charge is 0.573 e. The molecule has 3 rings (SSSR count). The molecule has 28 heavy (non-hydrogen) atoms. The van der Waals surface area contributed by atoms with Crippen LogP contribution in [0.5, 0.6) is 5.75 Å². The third-order valence-corrected chi connectivity index (χ3v) is 6.09. The minimum Gasteiger partial charge on any atom is -0.406 e. The highest BCUT2D eigenvalue weighted by molar-refractivity contribution is 7.09. The lowest BCUT2D eigenvalue weighted by Crippen LogP contribution is -2.20. The maximum absolute atomic E-state index is 12.6. The summed E-state index contributed by atoms with van der Waals surface area (Å²) in [4.78, 5) is 18.6. The summed E-state index contributed by atoms with van der Waals surface area (Å²) in [7, 11) is 0. The zero-order valence-electron chi connectivity index (χ0n) is 16.3. The van der Waals surface area contributed by atoms with Gasteiger partial charge in [-0.1, -0.05) is 26.8 Å². The molecular weight excluding hydrogens is 389 g/mol. The Morgan fingerprint density at radius 3 is 2.54 bits per heavy atom. The minimum atomic E-state index is -4.81. The summed E-state index contributed by atoms with van der Waals surface area (Å²) in [6.07, 6.45) is -2.48. The average Bonchev–Trinajstić information content (AvgIpc) is 3.32. The third kappa shape index (κ3) is 5.04. The van der Waals surface area contributed by atoms with Crippen molar-refractivity contribution >= 4 is 17.2 Å². The molecule has 0 N–H and O–H groups in total. The number of carbonyl (C=O) groups is 1. The first kappa shape index (κ1) is 20.6. The number of rotatable bonds is 4. The number of thiazole rings is 1. The second-order valence-electron chi connectivity index (χ2n) is 8.10. The highest BCUT2D eigenvalue weighted by atomic mass is 32.1. The lowest BCUT2D eigenvalue weighted by Gasteiger charge is -2.17. The van der Waals surface area contributed by atoms with Gasteiger partial charge in [0, 0.05) is 22.7 Å². The van der Waals surface area contributed by atoms with E-state index in [9.17, 15) is 18.0 Å². The van der Waals surface area contributed by atoms with Crippen molar-refractivity contribution in [2.75, 3.05) is 0 Å². The number of halogens is 3. The van der Waals surface area contributed by atoms with E-state index in [2.05, 4.69) is 35.1 Å². The predicted molar refractivity (Wildman–Crippen MR) is 101 cm³/mol. The van der Waals surface area contributed by atoms with Crippen molar-refractivity contribution in [2.24, 2.45) is 10.9 Å². The smallest absolute Gasteiger partial charge is 0.406 e. The molecule has 2 aromatic rings. The van der Waals surface area contributed by atoms with Gasteiger partial charge in [0.15, 0.2) is 4.80 Å². The van der Waals surface area contributed by atoms with Gasteiger partial charge in [-0.05, 0) is 49.3 Å². The standard InChI is InChI=1S/C20H23F3N2O2S/c1-12-16(19(2,3)4)28-18(25(12)11-13-8-9-13)24-17(26)14-6-5-7-15(10-14)27-20(21,22)23/h5-7,10,13H,8-9,11H2,1-4H3/b24-18-. The summed E-state index contributed by atoms with van der Waals surface area (Å²) < 4.78 is 43.2. The van der Waals surface area contributed by atoms with E-state index in [0.29, 0.717) is 10.7 Å². The van der Waals surface area contributed by atoms with Crippen molar-refractivity contribution in [2.45, 2.75) is 58.9 Å². The summed E-state index contributed by atoms with van der Waals surface area (Å²) in [5.41, 5.74) is 1.06. The minimum absolute atomic E-state index is 0.0584. The number of alkyl halides is 3. The van der Waals surface area contributed by atoms with Crippen molar-refractivity contribution in [3.8, 4) is 5.75 Å². The van der Waals surface area contributed by atoms with Crippen molar-refractivity contribution < 1.29 is 22.7 Å². The molecule has 1 fully saturated rings. The molecule has 152 valence electrons. The summed E-state index contributed by atoms with van der Waals surface area (Å²) >= 11 is 1.46. The molecule has 1 aromatic carbocycles. The SMILES string of the molecule is Cc1c(C(C)(C)C)s/c(=N\C(=O)c2cccc(OC(F)(F)F)c2)n1CC1CC1. The molecule has 0 radical (unpaired) electrons. The van der Waals surface area contributed by atoms with Crippen LogP contribution in [0.1, 0.15) is 54.5 Å². The highest BCUT2D eigenvalue weighted by Gasteiger charge is 2.31. The van der Waals surface area contributed by atoms with Gasteiger partial charge in [0.2, 0.25) is 0 Å². The fourth-order valence-corrected chi connectivity index (χ4v) is 4.21. The van der Waals surface area contributed by atoms with Gasteiger partial charge in [0.1, 0.15) is 5.75 Å². The Morgan fingerprint density at radius 1 is 1.29 bits per heavy atom. The van der Waals surface area contributed by atoms with Crippen LogP contribution in [0.25, 0.3) is 0 Å². The highest BCUT2D eigenvalue weighted by Crippen LogP contribution is 2.33. The summed E-state index contributed by atoms with van der Waals surface area (Å²) in [6.45, 7) is 9.16. The van der Waals surface area contributed by atoms with Gasteiger partial charge < -0.3 is 9.30 Å². The molecule has 0 spiro atoms. The van der Waals surface area contributed by atoms with E-state index in [1.54, 1.807) is 0 Å². The van der Waals surface area contributed by atoms with Gasteiger partial charge >= 0.3 is 6.36 Å². The van der Waals surface area contributed by atoms with Crippen LogP contribution >= 0.6 is 11.3 Å². The second-order valence-corrected chi connectivity index (χ2v) is 9.07. The number of hydrogen-bond donors (Lipinski definition) is 0. The van der Waals surface area contributed by atoms with Crippen molar-refractivity contribution in [3.63, 3.8) is 0 Å². The summed E-state index contributed by atoms with van der Waals surface area (Å²) in [5.74, 6) is -0.422. The van der Waals surface area contributed by atoms with Crippen LogP contribution in [0.15, 0.2) is 29.3 Å². The molecule has 1 aliphatic carbocycles. The maximum atomic E-state index is 12.6. The van der Waals surface area contributed by atoms with Crippen LogP contribution in [0.3, 0.4) is 0 Å². The van der Waals surface area contributed by atoms with E-state index >= 15 is 0 Å². The van der Waals surface area contributed by atoms with Crippen LogP contribution < -0.4 is 9.54 Å². The number of ether oxygens (including phenoxy) is 1. The first-order valence-electron chi connectivity index (χ1n) is 9.09. The fourth-order valence-electron chi connectivity index (χ4n) is 3.02. The first-order valence-corrected chi connectivity index (χ1v) is 9.91. The Kier molecular flexibility index (Phi) is 5.44. The number of benzene rings is 1. The van der Waals surface area contributed by atoms with Gasteiger partial charge in [-0.25, -0.2) is 0 Å². The Balaban J connectivity index is 1.98. The fraction of sp³-hybridized carbons (Fsp3) is 0.500. The number of nitrogens with zero attached hydrogens (tertiary/aromatic N) is 2. The molecule has 4 nitrogen and oxygen atoms in total. The van der Waals surface area contributed by atoms with Crippen molar-refractivity contribution in [1.82, 2.24) is 4.57 Å². The number of carbonyl (C=O) groups excluding carboxylic acids is 1. The van der Waals surface area contributed by atoms with E-state index in [4.69, 9.17) is 0 Å². The van der Waals surface area contributed by atoms with Gasteiger partial charge in [-0.2, -0.15) is 4.99 Å². The lowest BCUT2D eigenvalue weighted by molar-refractivity contribution is -0.274. The maximum Gasteiger partial charge on any atom is 0.573 e. The van der Waals surface area contributed by atoms with E-state index in [-0.39, 0.29) is 11.0 Å². The topological polar surface area (TPSA) is 43.6 Å². The Hall–Kier alpha value is -2.09. The average molecular weight is 412 g/mol. The molecule has 1 saturated carbocycles. The van der Waals surface area contributed by atoms with Crippen LogP contribution in [0.2, 0.25) is 0 Å². The first-order chi connectivity index (χ1) is 12.9. The monoisotopic (exact) mass is 412 g/mol. The van der Waals surface area contributed by atoms with Crippen molar-refractivity contribution in [3.05, 3.63) is 45.2 Å². The molecule has 8 heteroatoms. The number of aromatic nitrogens is 1. The van der Waals surface area contributed by atoms with Crippen LogP contribution in [0, 0.1) is 12.8 Å². The molecule has 1 amide bonds. The van der Waals surface area contributed by atoms with Crippen LogP contribution in [-0.2, 0) is 12.0 Å². The van der Waals surface area contributed by atoms with E-state index < -0.39 is 18.0 Å². The third-order valence-electron chi connectivity index (χ3n) is 4.49. The zero-order valence-corrected chi connectivity index (χ0v) is 17.1. The molecule has 0 atom stereocenters. The normalized spacial score (nSPS) is 15.8. The molecule has 1 heterocycles. The Labute approximate surface area is 165 Å². The molecule has 0 bridgehead atoms. The zero-order chi connectivity index (χ0) is 20.7. The van der Waals surface area contributed by atoms with Crippen LogP contribution in [0.4, 0.5) is 13.2 Å². The predicted octanol–water partition coefficient (Wildman–Crippen LogP) is 5.21. The quantitative estimate of drug-likeness (QED) is 0.692. The second kappa shape index (κ2) is 7.39. The Morgan fingerprint density at radius 2 is 1.96 bits per heavy atom. The lowest BCUT2D eigenvalue weighted by atomic mass is 9.93. The van der Waals surface area contributed by atoms with E-state index in [0.717, 1.165) is 42.1 Å². The number of amides is 1. The van der Waals surface area contributed by atoms with Crippen molar-refractivity contribution in [1.29, 1.82) is 0 Å². The van der Waals surface area contributed by atoms with Gasteiger partial charge in [-0.3, -0.25) is 4.79 Å². The molecule has 1 aliphatic rings. The summed E-state index contributed by atoms with van der Waals surface area (Å²) in [6, 6.07) is 5.01. The van der Waals surface area contributed by atoms with E-state index in [1.165, 1.54) is 23.5 Å². The Bertz CT molecular complexity index is 948. The van der Waals surface area contributed by atoms with E-state index in [1.807, 2.05) is 6.92 Å². The number of hydrogen-bond acceptors (Lipinski definition) is 3. The molecule has 0 aliphatic heterocycles. The van der Waals surface area contributed by atoms with Gasteiger partial charge in [0.05, 0.1) is 0 Å². The molecule has 0 saturated heterocycles. The molecule has 1 aromatic heterocycles.